The summed E-state index contributed by atoms with van der Waals surface area (Å²) in [6.45, 7) is 3.53. The first-order valence-corrected chi connectivity index (χ1v) is 12.8. The minimum absolute atomic E-state index is 0.0451. The molecule has 0 radical (unpaired) electrons. The Kier molecular flexibility index (Phi) is 6.19. The smallest absolute Gasteiger partial charge is 0.296 e. The van der Waals surface area contributed by atoms with Crippen molar-refractivity contribution < 1.29 is 24.2 Å². The maximum Gasteiger partial charge on any atom is 0.296 e. The number of halogens is 1. The number of fused-ring (bicyclic) bond motifs is 1. The van der Waals surface area contributed by atoms with Gasteiger partial charge in [0.2, 0.25) is 5.78 Å². The molecule has 0 fully saturated rings. The standard InChI is InChI=1S/C25H20ClN3O5S2/c1-11-23(35-12(2)27-11)21(30)19-20(13-5-8-16(33-3)17(9-13)34-4)29(24(32)22(19)31)25-28-15-7-6-14(26)10-18(15)36-25/h5-10,20,31H,1-4H3. The van der Waals surface area contributed by atoms with Crippen LogP contribution in [0.5, 0.6) is 11.5 Å². The van der Waals surface area contributed by atoms with E-state index in [9.17, 15) is 14.7 Å². The summed E-state index contributed by atoms with van der Waals surface area (Å²) in [5.41, 5.74) is 1.68. The number of amides is 1. The molecule has 5 rings (SSSR count). The number of carbonyl (C=O) groups is 2. The number of aliphatic hydroxyl groups is 1. The van der Waals surface area contributed by atoms with Gasteiger partial charge in [0.15, 0.2) is 22.4 Å². The maximum absolute atomic E-state index is 13.8. The highest BCUT2D eigenvalue weighted by molar-refractivity contribution is 7.22. The molecule has 2 aromatic carbocycles. The van der Waals surface area contributed by atoms with Crippen LogP contribution in [0.25, 0.3) is 10.2 Å². The van der Waals surface area contributed by atoms with Crippen LogP contribution in [0.3, 0.4) is 0 Å². The molecule has 184 valence electrons. The van der Waals surface area contributed by atoms with Crippen molar-refractivity contribution in [2.45, 2.75) is 19.9 Å². The topological polar surface area (TPSA) is 102 Å². The molecule has 1 N–H and O–H groups in total. The Bertz CT molecular complexity index is 1580. The van der Waals surface area contributed by atoms with Gasteiger partial charge in [0, 0.05) is 5.02 Å². The Morgan fingerprint density at radius 3 is 2.47 bits per heavy atom. The fourth-order valence-corrected chi connectivity index (χ4v) is 6.37. The Morgan fingerprint density at radius 2 is 1.81 bits per heavy atom. The summed E-state index contributed by atoms with van der Waals surface area (Å²) in [4.78, 5) is 37.9. The van der Waals surface area contributed by atoms with Crippen LogP contribution in [-0.2, 0) is 4.79 Å². The lowest BCUT2D eigenvalue weighted by molar-refractivity contribution is -0.117. The third-order valence-corrected chi connectivity index (χ3v) is 8.16. The van der Waals surface area contributed by atoms with Crippen LogP contribution in [0.4, 0.5) is 5.13 Å². The largest absolute Gasteiger partial charge is 0.503 e. The summed E-state index contributed by atoms with van der Waals surface area (Å²) in [7, 11) is 3.02. The van der Waals surface area contributed by atoms with E-state index in [-0.39, 0.29) is 5.57 Å². The second-order valence-electron chi connectivity index (χ2n) is 8.04. The predicted octanol–water partition coefficient (Wildman–Crippen LogP) is 5.82. The number of aromatic nitrogens is 2. The second-order valence-corrected chi connectivity index (χ2v) is 10.7. The van der Waals surface area contributed by atoms with Crippen LogP contribution in [-0.4, -0.2) is 41.0 Å². The summed E-state index contributed by atoms with van der Waals surface area (Å²) in [6, 6.07) is 9.37. The van der Waals surface area contributed by atoms with Crippen molar-refractivity contribution in [3.8, 4) is 11.5 Å². The zero-order chi connectivity index (χ0) is 25.7. The number of hydrogen-bond donors (Lipinski definition) is 1. The molecule has 1 amide bonds. The second kappa shape index (κ2) is 9.20. The number of ether oxygens (including phenoxy) is 2. The number of Topliss-reactive ketones (excluding diaryl/α,β-unsaturated/α-hetero) is 1. The molecule has 1 atom stereocenters. The quantitative estimate of drug-likeness (QED) is 0.307. The molecule has 0 bridgehead atoms. The lowest BCUT2D eigenvalue weighted by Crippen LogP contribution is -2.31. The zero-order valence-corrected chi connectivity index (χ0v) is 22.0. The Morgan fingerprint density at radius 1 is 1.06 bits per heavy atom. The maximum atomic E-state index is 13.8. The Hall–Kier alpha value is -3.47. The number of hydrogen-bond acceptors (Lipinski definition) is 9. The van der Waals surface area contributed by atoms with E-state index in [0.29, 0.717) is 48.3 Å². The van der Waals surface area contributed by atoms with Gasteiger partial charge in [0.05, 0.1) is 51.6 Å². The molecule has 3 heterocycles. The van der Waals surface area contributed by atoms with Gasteiger partial charge in [-0.15, -0.1) is 11.3 Å². The Labute approximate surface area is 219 Å². The number of ketones is 1. The van der Waals surface area contributed by atoms with E-state index in [0.717, 1.165) is 4.70 Å². The van der Waals surface area contributed by atoms with Crippen molar-refractivity contribution in [2.24, 2.45) is 0 Å². The van der Waals surface area contributed by atoms with Crippen LogP contribution in [0.1, 0.15) is 32.0 Å². The van der Waals surface area contributed by atoms with Crippen LogP contribution in [0.2, 0.25) is 5.02 Å². The van der Waals surface area contributed by atoms with Gasteiger partial charge >= 0.3 is 0 Å². The highest BCUT2D eigenvalue weighted by atomic mass is 35.5. The van der Waals surface area contributed by atoms with E-state index in [4.69, 9.17) is 21.1 Å². The molecule has 36 heavy (non-hydrogen) atoms. The Balaban J connectivity index is 1.71. The van der Waals surface area contributed by atoms with Gasteiger partial charge in [-0.2, -0.15) is 0 Å². The van der Waals surface area contributed by atoms with Crippen molar-refractivity contribution in [3.05, 3.63) is 73.9 Å². The number of aliphatic hydroxyl groups excluding tert-OH is 1. The number of aryl methyl sites for hydroxylation is 2. The van der Waals surface area contributed by atoms with E-state index >= 15 is 0 Å². The fourth-order valence-electron chi connectivity index (χ4n) is 4.23. The highest BCUT2D eigenvalue weighted by Crippen LogP contribution is 2.46. The SMILES string of the molecule is COc1ccc(C2C(C(=O)c3sc(C)nc3C)=C(O)C(=O)N2c2nc3ccc(Cl)cc3s2)cc1OC. The van der Waals surface area contributed by atoms with E-state index < -0.39 is 23.5 Å². The van der Waals surface area contributed by atoms with Gasteiger partial charge in [-0.3, -0.25) is 14.5 Å². The van der Waals surface area contributed by atoms with E-state index in [2.05, 4.69) is 9.97 Å². The number of thiazole rings is 2. The molecule has 1 aliphatic rings. The molecule has 1 aliphatic heterocycles. The number of benzene rings is 2. The molecule has 11 heteroatoms. The number of nitrogens with zero attached hydrogens (tertiary/aromatic N) is 3. The van der Waals surface area contributed by atoms with Crippen LogP contribution in [0.15, 0.2) is 47.7 Å². The molecule has 8 nitrogen and oxygen atoms in total. The number of rotatable bonds is 6. The van der Waals surface area contributed by atoms with Gasteiger partial charge in [0.25, 0.3) is 5.91 Å². The first-order valence-electron chi connectivity index (χ1n) is 10.8. The fraction of sp³-hybridized carbons (Fsp3) is 0.200. The first kappa shape index (κ1) is 24.2. The lowest BCUT2D eigenvalue weighted by atomic mass is 9.95. The monoisotopic (exact) mass is 541 g/mol. The molecule has 2 aromatic heterocycles. The van der Waals surface area contributed by atoms with Gasteiger partial charge < -0.3 is 14.6 Å². The molecule has 0 saturated carbocycles. The zero-order valence-electron chi connectivity index (χ0n) is 19.7. The van der Waals surface area contributed by atoms with Crippen LogP contribution >= 0.6 is 34.3 Å². The van der Waals surface area contributed by atoms with Crippen molar-refractivity contribution in [2.75, 3.05) is 19.1 Å². The van der Waals surface area contributed by atoms with Crippen LogP contribution < -0.4 is 14.4 Å². The van der Waals surface area contributed by atoms with Crippen molar-refractivity contribution in [1.82, 2.24) is 9.97 Å². The average molecular weight is 542 g/mol. The molecular formula is C25H20ClN3O5S2. The average Bonchev–Trinajstić information content (AvgIpc) is 3.50. The van der Waals surface area contributed by atoms with Gasteiger partial charge in [-0.25, -0.2) is 9.97 Å². The third-order valence-electron chi connectivity index (χ3n) is 5.83. The van der Waals surface area contributed by atoms with Crippen molar-refractivity contribution in [3.63, 3.8) is 0 Å². The highest BCUT2D eigenvalue weighted by Gasteiger charge is 2.46. The molecule has 0 aliphatic carbocycles. The van der Waals surface area contributed by atoms with E-state index in [1.807, 2.05) is 0 Å². The summed E-state index contributed by atoms with van der Waals surface area (Å²) < 4.78 is 11.6. The lowest BCUT2D eigenvalue weighted by Gasteiger charge is -2.25. The first-order chi connectivity index (χ1) is 17.2. The summed E-state index contributed by atoms with van der Waals surface area (Å²) in [6.07, 6.45) is 0. The predicted molar refractivity (Wildman–Crippen MR) is 140 cm³/mol. The van der Waals surface area contributed by atoms with E-state index in [1.54, 1.807) is 50.2 Å². The van der Waals surface area contributed by atoms with Crippen LogP contribution in [0, 0.1) is 13.8 Å². The molecular weight excluding hydrogens is 522 g/mol. The van der Waals surface area contributed by atoms with Gasteiger partial charge in [-0.05, 0) is 49.7 Å². The number of carbonyl (C=O) groups excluding carboxylic acids is 2. The number of anilines is 1. The summed E-state index contributed by atoms with van der Waals surface area (Å²) in [5, 5.41) is 12.6. The third kappa shape index (κ3) is 3.91. The van der Waals surface area contributed by atoms with Gasteiger partial charge in [-0.1, -0.05) is 29.0 Å². The minimum atomic E-state index is -0.956. The van der Waals surface area contributed by atoms with Crippen molar-refractivity contribution >= 4 is 61.3 Å². The normalized spacial score (nSPS) is 15.8. The molecule has 1 unspecified atom stereocenters. The van der Waals surface area contributed by atoms with E-state index in [1.165, 1.54) is 41.8 Å². The minimum Gasteiger partial charge on any atom is -0.503 e. The van der Waals surface area contributed by atoms with Crippen molar-refractivity contribution in [1.29, 1.82) is 0 Å². The molecule has 0 spiro atoms. The summed E-state index contributed by atoms with van der Waals surface area (Å²) >= 11 is 8.61. The summed E-state index contributed by atoms with van der Waals surface area (Å²) in [5.74, 6) is -0.900. The molecule has 0 saturated heterocycles. The molecule has 4 aromatic rings. The number of methoxy groups -OCH3 is 2. The van der Waals surface area contributed by atoms with Gasteiger partial charge in [0.1, 0.15) is 0 Å².